The third kappa shape index (κ3) is 5.55. The lowest BCUT2D eigenvalue weighted by Crippen LogP contribution is -2.30. The minimum absolute atomic E-state index is 0.0160. The number of nitrogens with one attached hydrogen (secondary N) is 1. The van der Waals surface area contributed by atoms with Crippen LogP contribution >= 0.6 is 0 Å². The number of hydrogen-bond donors (Lipinski definition) is 3. The van der Waals surface area contributed by atoms with E-state index in [4.69, 9.17) is 10.00 Å². The Hall–Kier alpha value is -2.95. The predicted octanol–water partition coefficient (Wildman–Crippen LogP) is 2.41. The van der Waals surface area contributed by atoms with Crippen molar-refractivity contribution in [2.75, 3.05) is 6.54 Å². The molecule has 1 amide bonds. The van der Waals surface area contributed by atoms with Gasteiger partial charge in [-0.2, -0.15) is 5.26 Å². The van der Waals surface area contributed by atoms with Crippen LogP contribution in [-0.4, -0.2) is 29.0 Å². The Morgan fingerprint density at radius 3 is 2.65 bits per heavy atom. The molecule has 0 aliphatic heterocycles. The second-order valence-corrected chi connectivity index (χ2v) is 5.64. The van der Waals surface area contributed by atoms with E-state index in [1.807, 2.05) is 36.4 Å². The smallest absolute Gasteiger partial charge is 0.407 e. The number of nitriles is 1. The van der Waals surface area contributed by atoms with Gasteiger partial charge < -0.3 is 20.3 Å². The van der Waals surface area contributed by atoms with Gasteiger partial charge in [0.05, 0.1) is 17.7 Å². The number of halogens is 1. The van der Waals surface area contributed by atoms with Crippen LogP contribution in [-0.2, 0) is 11.3 Å². The minimum Gasteiger partial charge on any atom is -0.445 e. The van der Waals surface area contributed by atoms with E-state index >= 15 is 0 Å². The van der Waals surface area contributed by atoms with E-state index in [0.29, 0.717) is 0 Å². The summed E-state index contributed by atoms with van der Waals surface area (Å²) < 4.78 is 18.8. The Balaban J connectivity index is 1.78. The monoisotopic (exact) mass is 358 g/mol. The first-order valence-electron chi connectivity index (χ1n) is 8.01. The van der Waals surface area contributed by atoms with Gasteiger partial charge in [0, 0.05) is 12.1 Å². The normalized spacial score (nSPS) is 12.7. The molecule has 0 aliphatic rings. The van der Waals surface area contributed by atoms with Crippen LogP contribution in [0.1, 0.15) is 29.2 Å². The summed E-state index contributed by atoms with van der Waals surface area (Å²) in [4.78, 5) is 11.6. The molecule has 26 heavy (non-hydrogen) atoms. The summed E-state index contributed by atoms with van der Waals surface area (Å²) in [5.41, 5.74) is 0.851. The molecule has 0 fully saturated rings. The fraction of sp³-hybridized carbons (Fsp3) is 0.263. The molecule has 0 saturated heterocycles. The van der Waals surface area contributed by atoms with Crippen molar-refractivity contribution in [1.82, 2.24) is 5.32 Å². The number of carbonyl (C=O) groups excluding carboxylic acids is 1. The zero-order chi connectivity index (χ0) is 18.9. The Kier molecular flexibility index (Phi) is 7.09. The van der Waals surface area contributed by atoms with Crippen LogP contribution in [0.5, 0.6) is 0 Å². The summed E-state index contributed by atoms with van der Waals surface area (Å²) in [5.74, 6) is -0.717. The maximum Gasteiger partial charge on any atom is 0.407 e. The molecule has 136 valence electrons. The van der Waals surface area contributed by atoms with Crippen molar-refractivity contribution < 1.29 is 24.1 Å². The van der Waals surface area contributed by atoms with Gasteiger partial charge in [-0.25, -0.2) is 9.18 Å². The topological polar surface area (TPSA) is 103 Å². The molecule has 3 N–H and O–H groups in total. The van der Waals surface area contributed by atoms with Crippen molar-refractivity contribution in [1.29, 1.82) is 5.26 Å². The second-order valence-electron chi connectivity index (χ2n) is 5.64. The average Bonchev–Trinajstić information content (AvgIpc) is 2.67. The Bertz CT molecular complexity index is 777. The van der Waals surface area contributed by atoms with Crippen LogP contribution in [0.2, 0.25) is 0 Å². The van der Waals surface area contributed by atoms with Crippen LogP contribution < -0.4 is 5.32 Å². The largest absolute Gasteiger partial charge is 0.445 e. The highest BCUT2D eigenvalue weighted by atomic mass is 19.1. The molecule has 2 unspecified atom stereocenters. The fourth-order valence-corrected chi connectivity index (χ4v) is 2.30. The van der Waals surface area contributed by atoms with E-state index in [-0.39, 0.29) is 30.7 Å². The molecule has 2 rings (SSSR count). The van der Waals surface area contributed by atoms with Gasteiger partial charge >= 0.3 is 6.09 Å². The maximum absolute atomic E-state index is 13.8. The zero-order valence-electron chi connectivity index (χ0n) is 13.9. The molecule has 2 atom stereocenters. The lowest BCUT2D eigenvalue weighted by atomic mass is 10.00. The summed E-state index contributed by atoms with van der Waals surface area (Å²) >= 11 is 0. The molecule has 6 nitrogen and oxygen atoms in total. The molecule has 2 aromatic carbocycles. The van der Waals surface area contributed by atoms with Gasteiger partial charge in [-0.15, -0.1) is 0 Å². The van der Waals surface area contributed by atoms with Gasteiger partial charge in [-0.05, 0) is 30.2 Å². The lowest BCUT2D eigenvalue weighted by molar-refractivity contribution is 0.0116. The highest BCUT2D eigenvalue weighted by Crippen LogP contribution is 2.23. The third-order valence-corrected chi connectivity index (χ3v) is 3.73. The van der Waals surface area contributed by atoms with Gasteiger partial charge in [0.25, 0.3) is 0 Å². The van der Waals surface area contributed by atoms with Crippen molar-refractivity contribution in [3.05, 3.63) is 71.0 Å². The van der Waals surface area contributed by atoms with Crippen LogP contribution in [0.15, 0.2) is 48.5 Å². The molecule has 0 bridgehead atoms. The lowest BCUT2D eigenvalue weighted by Gasteiger charge is -2.19. The number of hydrogen-bond acceptors (Lipinski definition) is 5. The molecule has 0 heterocycles. The van der Waals surface area contributed by atoms with Crippen molar-refractivity contribution in [2.24, 2.45) is 0 Å². The second kappa shape index (κ2) is 9.51. The minimum atomic E-state index is -1.51. The predicted molar refractivity (Wildman–Crippen MR) is 91.3 cm³/mol. The van der Waals surface area contributed by atoms with E-state index in [9.17, 15) is 19.4 Å². The molecule has 0 saturated carbocycles. The molecule has 7 heteroatoms. The number of nitrogens with zero attached hydrogens (tertiary/aromatic N) is 1. The molecule has 0 aromatic heterocycles. The Labute approximate surface area is 150 Å². The van der Waals surface area contributed by atoms with Crippen LogP contribution in [0, 0.1) is 17.1 Å². The van der Waals surface area contributed by atoms with Crippen molar-refractivity contribution in [3.63, 3.8) is 0 Å². The first-order valence-corrected chi connectivity index (χ1v) is 8.01. The van der Waals surface area contributed by atoms with Crippen molar-refractivity contribution in [2.45, 2.75) is 25.2 Å². The number of aliphatic hydroxyl groups is 2. The number of alkyl carbamates (subject to hydrolysis) is 1. The first kappa shape index (κ1) is 19.4. The van der Waals surface area contributed by atoms with Gasteiger partial charge in [0.1, 0.15) is 18.5 Å². The SMILES string of the molecule is N#Cc1ccc(F)c(C(O)C(O)CCNC(=O)OCc2ccccc2)c1. The van der Waals surface area contributed by atoms with Crippen LogP contribution in [0.25, 0.3) is 0 Å². The Morgan fingerprint density at radius 2 is 1.96 bits per heavy atom. The summed E-state index contributed by atoms with van der Waals surface area (Å²) in [5, 5.41) is 31.3. The highest BCUT2D eigenvalue weighted by molar-refractivity contribution is 5.67. The quantitative estimate of drug-likeness (QED) is 0.705. The van der Waals surface area contributed by atoms with E-state index in [0.717, 1.165) is 11.6 Å². The molecular formula is C19H19FN2O4. The summed E-state index contributed by atoms with van der Waals surface area (Å²) in [7, 11) is 0. The summed E-state index contributed by atoms with van der Waals surface area (Å²) in [6.45, 7) is 0.148. The summed E-state index contributed by atoms with van der Waals surface area (Å²) in [6.07, 6.45) is -3.50. The van der Waals surface area contributed by atoms with Crippen molar-refractivity contribution in [3.8, 4) is 6.07 Å². The number of aliphatic hydroxyl groups excluding tert-OH is 2. The van der Waals surface area contributed by atoms with E-state index in [1.54, 1.807) is 0 Å². The number of rotatable bonds is 7. The molecule has 0 radical (unpaired) electrons. The van der Waals surface area contributed by atoms with Crippen LogP contribution in [0.3, 0.4) is 0 Å². The van der Waals surface area contributed by atoms with Gasteiger partial charge in [0.15, 0.2) is 0 Å². The highest BCUT2D eigenvalue weighted by Gasteiger charge is 2.22. The first-order chi connectivity index (χ1) is 12.5. The van der Waals surface area contributed by atoms with Crippen molar-refractivity contribution >= 4 is 6.09 Å². The molecule has 0 aliphatic carbocycles. The molecular weight excluding hydrogens is 339 g/mol. The van der Waals surface area contributed by atoms with Gasteiger partial charge in [0.2, 0.25) is 0 Å². The number of benzene rings is 2. The number of carbonyl (C=O) groups is 1. The summed E-state index contributed by atoms with van der Waals surface area (Å²) in [6, 6.07) is 14.5. The Morgan fingerprint density at radius 1 is 1.23 bits per heavy atom. The third-order valence-electron chi connectivity index (χ3n) is 3.73. The number of amides is 1. The number of ether oxygens (including phenoxy) is 1. The fourth-order valence-electron chi connectivity index (χ4n) is 2.30. The zero-order valence-corrected chi connectivity index (χ0v) is 13.9. The average molecular weight is 358 g/mol. The van der Waals surface area contributed by atoms with Crippen LogP contribution in [0.4, 0.5) is 9.18 Å². The molecule has 2 aromatic rings. The molecule has 0 spiro atoms. The van der Waals surface area contributed by atoms with E-state index in [2.05, 4.69) is 5.32 Å². The standard InChI is InChI=1S/C19H19FN2O4/c20-16-7-6-14(11-21)10-15(16)18(24)17(23)8-9-22-19(25)26-12-13-4-2-1-3-5-13/h1-7,10,17-18,23-24H,8-9,12H2,(H,22,25). The van der Waals surface area contributed by atoms with Gasteiger partial charge in [-0.1, -0.05) is 30.3 Å². The van der Waals surface area contributed by atoms with E-state index < -0.39 is 24.1 Å². The van der Waals surface area contributed by atoms with Gasteiger partial charge in [-0.3, -0.25) is 0 Å². The maximum atomic E-state index is 13.8. The van der Waals surface area contributed by atoms with E-state index in [1.165, 1.54) is 12.1 Å².